The number of hydrogen-bond acceptors (Lipinski definition) is 1. The van der Waals surface area contributed by atoms with E-state index in [4.69, 9.17) is 4.43 Å². The molecular weight excluding hydrogens is 300 g/mol. The second-order valence-electron chi connectivity index (χ2n) is 8.66. The molecule has 0 saturated carbocycles. The molecule has 0 rings (SSSR count). The summed E-state index contributed by atoms with van der Waals surface area (Å²) in [5.41, 5.74) is 0. The zero-order chi connectivity index (χ0) is 17.1. The van der Waals surface area contributed by atoms with Crippen LogP contribution in [0.5, 0.6) is 0 Å². The lowest BCUT2D eigenvalue weighted by molar-refractivity contribution is 0.203. The molecule has 0 aromatic heterocycles. The van der Waals surface area contributed by atoms with Crippen molar-refractivity contribution in [1.29, 1.82) is 0 Å². The molecule has 134 valence electrons. The van der Waals surface area contributed by atoms with E-state index in [0.717, 1.165) is 0 Å². The van der Waals surface area contributed by atoms with Crippen LogP contribution in [-0.2, 0) is 4.43 Å². The average molecular weight is 345 g/mol. The van der Waals surface area contributed by atoms with Gasteiger partial charge in [-0.1, -0.05) is 90.8 Å². The van der Waals surface area contributed by atoms with Crippen LogP contribution in [0.15, 0.2) is 0 Å². The van der Waals surface area contributed by atoms with Gasteiger partial charge < -0.3 is 4.43 Å². The molecule has 3 heteroatoms. The molecule has 0 amide bonds. The van der Waals surface area contributed by atoms with Crippen LogP contribution in [-0.4, -0.2) is 21.5 Å². The zero-order valence-electron chi connectivity index (χ0n) is 16.8. The zero-order valence-corrected chi connectivity index (χ0v) is 18.8. The third-order valence-corrected chi connectivity index (χ3v) is 21.1. The van der Waals surface area contributed by atoms with E-state index in [9.17, 15) is 0 Å². The minimum absolute atomic E-state index is 0.474. The Morgan fingerprint density at radius 3 is 1.50 bits per heavy atom. The summed E-state index contributed by atoms with van der Waals surface area (Å²) >= 11 is 0. The highest BCUT2D eigenvalue weighted by Gasteiger charge is 2.39. The molecule has 0 N–H and O–H groups in total. The van der Waals surface area contributed by atoms with Crippen molar-refractivity contribution in [2.45, 2.75) is 123 Å². The molecule has 0 aromatic carbocycles. The Morgan fingerprint density at radius 1 is 0.682 bits per heavy atom. The Kier molecular flexibility index (Phi) is 12.1. The fourth-order valence-corrected chi connectivity index (χ4v) is 5.80. The van der Waals surface area contributed by atoms with Gasteiger partial charge in [-0.3, -0.25) is 0 Å². The Hall–Kier alpha value is 0.394. The van der Waals surface area contributed by atoms with E-state index < -0.39 is 15.4 Å². The van der Waals surface area contributed by atoms with Crippen molar-refractivity contribution in [2.75, 3.05) is 0 Å². The van der Waals surface area contributed by atoms with Crippen molar-refractivity contribution >= 4 is 15.4 Å². The second kappa shape index (κ2) is 11.9. The highest BCUT2D eigenvalue weighted by molar-refractivity contribution is 7.37. The fourth-order valence-electron chi connectivity index (χ4n) is 2.66. The monoisotopic (exact) mass is 344 g/mol. The van der Waals surface area contributed by atoms with Crippen molar-refractivity contribution in [3.8, 4) is 0 Å². The normalized spacial score (nSPS) is 14.3. The molecule has 1 nitrogen and oxygen atoms in total. The molecule has 1 atom stereocenters. The summed E-state index contributed by atoms with van der Waals surface area (Å²) in [5, 5.41) is 0. The molecule has 0 aliphatic rings. The van der Waals surface area contributed by atoms with Gasteiger partial charge in [0.2, 0.25) is 0 Å². The summed E-state index contributed by atoms with van der Waals surface area (Å²) < 4.78 is 6.49. The Balaban J connectivity index is 3.52. The van der Waals surface area contributed by atoms with Gasteiger partial charge in [0.25, 0.3) is 0 Å². The average Bonchev–Trinajstić information content (AvgIpc) is 2.39. The highest BCUT2D eigenvalue weighted by atomic mass is 29.3. The molecule has 0 aliphatic heterocycles. The first-order valence-electron chi connectivity index (χ1n) is 9.88. The topological polar surface area (TPSA) is 9.23 Å². The molecule has 22 heavy (non-hydrogen) atoms. The van der Waals surface area contributed by atoms with Crippen LogP contribution >= 0.6 is 0 Å². The molecule has 0 aromatic rings. The van der Waals surface area contributed by atoms with E-state index in [2.05, 4.69) is 46.6 Å². The minimum atomic E-state index is -1.43. The van der Waals surface area contributed by atoms with Crippen molar-refractivity contribution in [3.05, 3.63) is 0 Å². The quantitative estimate of drug-likeness (QED) is 0.237. The van der Waals surface area contributed by atoms with E-state index in [1.165, 1.54) is 70.6 Å². The van der Waals surface area contributed by atoms with E-state index >= 15 is 0 Å². The predicted octanol–water partition coefficient (Wildman–Crippen LogP) is 7.32. The van der Waals surface area contributed by atoms with Gasteiger partial charge in [-0.25, -0.2) is 0 Å². The first kappa shape index (κ1) is 22.4. The highest BCUT2D eigenvalue weighted by Crippen LogP contribution is 2.23. The number of hydrogen-bond donors (Lipinski definition) is 0. The lowest BCUT2D eigenvalue weighted by atomic mass is 10.1. The van der Waals surface area contributed by atoms with Gasteiger partial charge in [0.15, 0.2) is 7.83 Å². The van der Waals surface area contributed by atoms with Gasteiger partial charge in [-0.2, -0.15) is 0 Å². The molecule has 1 unspecified atom stereocenters. The molecule has 0 heterocycles. The molecule has 0 bridgehead atoms. The summed E-state index contributed by atoms with van der Waals surface area (Å²) in [7, 11) is -2.54. The smallest absolute Gasteiger partial charge is 0.173 e. The first-order chi connectivity index (χ1) is 10.2. The third-order valence-electron chi connectivity index (χ3n) is 5.27. The van der Waals surface area contributed by atoms with Crippen LogP contribution in [0.4, 0.5) is 0 Å². The first-order valence-corrected chi connectivity index (χ1v) is 17.3. The Labute approximate surface area is 143 Å². The maximum Gasteiger partial charge on any atom is 0.173 e. The summed E-state index contributed by atoms with van der Waals surface area (Å²) in [6, 6.07) is 0. The largest absolute Gasteiger partial charge is 0.417 e. The second-order valence-corrected chi connectivity index (χ2v) is 24.5. The molecule has 0 radical (unpaired) electrons. The van der Waals surface area contributed by atoms with Gasteiger partial charge >= 0.3 is 0 Å². The molecule has 0 saturated heterocycles. The van der Waals surface area contributed by atoms with E-state index in [0.29, 0.717) is 6.10 Å². The van der Waals surface area contributed by atoms with E-state index in [-0.39, 0.29) is 0 Å². The lowest BCUT2D eigenvalue weighted by Gasteiger charge is -2.37. The van der Waals surface area contributed by atoms with Crippen molar-refractivity contribution in [3.63, 3.8) is 0 Å². The molecule has 0 fully saturated rings. The summed E-state index contributed by atoms with van der Waals surface area (Å²) in [4.78, 5) is 0. The maximum atomic E-state index is 6.49. The summed E-state index contributed by atoms with van der Waals surface area (Å²) in [6.07, 6.45) is 15.9. The van der Waals surface area contributed by atoms with E-state index in [1.807, 2.05) is 0 Å². The van der Waals surface area contributed by atoms with Crippen molar-refractivity contribution in [2.24, 2.45) is 0 Å². The van der Waals surface area contributed by atoms with Crippen molar-refractivity contribution in [1.82, 2.24) is 0 Å². The van der Waals surface area contributed by atoms with Gasteiger partial charge in [0.1, 0.15) is 0 Å². The maximum absolute atomic E-state index is 6.49. The fraction of sp³-hybridized carbons (Fsp3) is 1.00. The van der Waals surface area contributed by atoms with Crippen LogP contribution in [0.25, 0.3) is 0 Å². The number of unbranched alkanes of at least 4 members (excludes halogenated alkanes) is 9. The van der Waals surface area contributed by atoms with Crippen LogP contribution in [0.2, 0.25) is 32.7 Å². The van der Waals surface area contributed by atoms with Crippen LogP contribution < -0.4 is 0 Å². The molecule has 0 spiro atoms. The van der Waals surface area contributed by atoms with Gasteiger partial charge in [0, 0.05) is 6.10 Å². The summed E-state index contributed by atoms with van der Waals surface area (Å²) in [5.74, 6) is 0. The predicted molar refractivity (Wildman–Crippen MR) is 108 cm³/mol. The van der Waals surface area contributed by atoms with Crippen LogP contribution in [0, 0.1) is 0 Å². The number of rotatable bonds is 14. The SMILES string of the molecule is CCCCCCCCCCCCC(C)O[Si](C)(C)[Si](C)(C)C. The Bertz CT molecular complexity index is 259. The summed E-state index contributed by atoms with van der Waals surface area (Å²) in [6.45, 7) is 16.8. The van der Waals surface area contributed by atoms with Crippen molar-refractivity contribution < 1.29 is 4.43 Å². The van der Waals surface area contributed by atoms with Gasteiger partial charge in [-0.05, 0) is 26.4 Å². The van der Waals surface area contributed by atoms with E-state index in [1.54, 1.807) is 0 Å². The van der Waals surface area contributed by atoms with Gasteiger partial charge in [-0.15, -0.1) is 0 Å². The molecule has 0 aliphatic carbocycles. The van der Waals surface area contributed by atoms with Crippen LogP contribution in [0.1, 0.15) is 84.5 Å². The Morgan fingerprint density at radius 2 is 1.09 bits per heavy atom. The lowest BCUT2D eigenvalue weighted by Crippen LogP contribution is -2.56. The van der Waals surface area contributed by atoms with Gasteiger partial charge in [0.05, 0.1) is 7.59 Å². The van der Waals surface area contributed by atoms with Crippen LogP contribution in [0.3, 0.4) is 0 Å². The standard InChI is InChI=1S/C19H44OSi2/c1-8-9-10-11-12-13-14-15-16-17-18-19(2)20-22(6,7)21(3,4)5/h19H,8-18H2,1-7H3. The third kappa shape index (κ3) is 11.0. The molecular formula is C19H44OSi2. The minimum Gasteiger partial charge on any atom is -0.417 e.